The molecule has 31 heavy (non-hydrogen) atoms. The van der Waals surface area contributed by atoms with Crippen molar-refractivity contribution in [1.29, 1.82) is 0 Å². The van der Waals surface area contributed by atoms with Crippen molar-refractivity contribution < 1.29 is 19.1 Å². The SMILES string of the molecule is CCOc1ccccc1[C@@H]1C(C(=O)OC2CCCC2)=C(C)NC2=C1C(=O)CC(C)(C)C2. The molecule has 1 atom stereocenters. The summed E-state index contributed by atoms with van der Waals surface area (Å²) in [7, 11) is 0. The lowest BCUT2D eigenvalue weighted by Gasteiger charge is -2.39. The molecule has 2 aliphatic carbocycles. The zero-order valence-electron chi connectivity index (χ0n) is 19.0. The summed E-state index contributed by atoms with van der Waals surface area (Å²) in [6, 6.07) is 7.73. The first-order valence-electron chi connectivity index (χ1n) is 11.5. The van der Waals surface area contributed by atoms with E-state index in [0.29, 0.717) is 29.9 Å². The average Bonchev–Trinajstić information content (AvgIpc) is 3.19. The number of nitrogens with one attached hydrogen (secondary N) is 1. The number of carbonyl (C=O) groups excluding carboxylic acids is 2. The lowest BCUT2D eigenvalue weighted by atomic mass is 9.68. The summed E-state index contributed by atoms with van der Waals surface area (Å²) in [4.78, 5) is 26.8. The van der Waals surface area contributed by atoms with Crippen molar-refractivity contribution in [3.63, 3.8) is 0 Å². The van der Waals surface area contributed by atoms with Crippen LogP contribution < -0.4 is 10.1 Å². The van der Waals surface area contributed by atoms with Gasteiger partial charge >= 0.3 is 5.97 Å². The van der Waals surface area contributed by atoms with Crippen LogP contribution in [0.3, 0.4) is 0 Å². The first-order valence-corrected chi connectivity index (χ1v) is 11.5. The van der Waals surface area contributed by atoms with Gasteiger partial charge in [0, 0.05) is 29.0 Å². The molecule has 0 radical (unpaired) electrons. The fourth-order valence-corrected chi connectivity index (χ4v) is 5.24. The molecule has 5 heteroatoms. The van der Waals surface area contributed by atoms with Crippen LogP contribution in [0.25, 0.3) is 0 Å². The summed E-state index contributed by atoms with van der Waals surface area (Å²) in [5, 5.41) is 3.41. The minimum atomic E-state index is -0.475. The van der Waals surface area contributed by atoms with E-state index >= 15 is 0 Å². The maximum atomic E-state index is 13.4. The van der Waals surface area contributed by atoms with Crippen molar-refractivity contribution in [2.75, 3.05) is 6.61 Å². The number of carbonyl (C=O) groups is 2. The molecule has 1 heterocycles. The van der Waals surface area contributed by atoms with Crippen LogP contribution in [0, 0.1) is 5.41 Å². The van der Waals surface area contributed by atoms with Crippen LogP contribution in [-0.2, 0) is 14.3 Å². The Hall–Kier alpha value is -2.56. The van der Waals surface area contributed by atoms with Crippen molar-refractivity contribution in [2.24, 2.45) is 5.41 Å². The number of benzene rings is 1. The second-order valence-corrected chi connectivity index (χ2v) is 9.71. The molecule has 166 valence electrons. The lowest BCUT2D eigenvalue weighted by molar-refractivity contribution is -0.144. The predicted octanol–water partition coefficient (Wildman–Crippen LogP) is 5.18. The molecule has 1 aliphatic heterocycles. The summed E-state index contributed by atoms with van der Waals surface area (Å²) >= 11 is 0. The number of Topliss-reactive ketones (excluding diaryl/α,β-unsaturated/α-hetero) is 1. The third kappa shape index (κ3) is 4.28. The van der Waals surface area contributed by atoms with Crippen LogP contribution >= 0.6 is 0 Å². The van der Waals surface area contributed by atoms with Crippen LogP contribution in [0.5, 0.6) is 5.75 Å². The van der Waals surface area contributed by atoms with Crippen LogP contribution in [-0.4, -0.2) is 24.5 Å². The number of dihydropyridines is 1. The van der Waals surface area contributed by atoms with Crippen LogP contribution in [0.4, 0.5) is 0 Å². The van der Waals surface area contributed by atoms with Crippen molar-refractivity contribution in [3.8, 4) is 5.75 Å². The Balaban J connectivity index is 1.82. The van der Waals surface area contributed by atoms with Gasteiger partial charge in [0.25, 0.3) is 0 Å². The van der Waals surface area contributed by atoms with Crippen molar-refractivity contribution >= 4 is 11.8 Å². The number of hydrogen-bond donors (Lipinski definition) is 1. The number of allylic oxidation sites excluding steroid dienone is 3. The van der Waals surface area contributed by atoms with Gasteiger partial charge < -0.3 is 14.8 Å². The van der Waals surface area contributed by atoms with E-state index in [1.807, 2.05) is 38.1 Å². The summed E-state index contributed by atoms with van der Waals surface area (Å²) in [6.45, 7) is 8.59. The highest BCUT2D eigenvalue weighted by molar-refractivity contribution is 6.04. The van der Waals surface area contributed by atoms with Crippen LogP contribution in [0.1, 0.15) is 77.7 Å². The van der Waals surface area contributed by atoms with E-state index in [1.165, 1.54) is 0 Å². The smallest absolute Gasteiger partial charge is 0.337 e. The van der Waals surface area contributed by atoms with Crippen LogP contribution in [0.15, 0.2) is 46.8 Å². The Morgan fingerprint density at radius 1 is 1.16 bits per heavy atom. The van der Waals surface area contributed by atoms with E-state index in [2.05, 4.69) is 19.2 Å². The molecular weight excluding hydrogens is 390 g/mol. The van der Waals surface area contributed by atoms with Gasteiger partial charge in [-0.3, -0.25) is 4.79 Å². The molecule has 1 aromatic carbocycles. The second kappa shape index (κ2) is 8.52. The molecule has 1 aromatic rings. The summed E-state index contributed by atoms with van der Waals surface area (Å²) in [6.07, 6.45) is 5.20. The molecule has 0 bridgehead atoms. The van der Waals surface area contributed by atoms with E-state index in [1.54, 1.807) is 0 Å². The number of rotatable bonds is 5. The van der Waals surface area contributed by atoms with E-state index in [9.17, 15) is 9.59 Å². The molecule has 1 N–H and O–H groups in total. The van der Waals surface area contributed by atoms with Gasteiger partial charge in [-0.1, -0.05) is 32.0 Å². The van der Waals surface area contributed by atoms with Gasteiger partial charge in [0.1, 0.15) is 11.9 Å². The second-order valence-electron chi connectivity index (χ2n) is 9.71. The zero-order valence-corrected chi connectivity index (χ0v) is 19.0. The van der Waals surface area contributed by atoms with Gasteiger partial charge in [-0.05, 0) is 57.4 Å². The summed E-state index contributed by atoms with van der Waals surface area (Å²) < 4.78 is 11.8. The molecule has 1 fully saturated rings. The molecule has 1 saturated carbocycles. The third-order valence-corrected chi connectivity index (χ3v) is 6.57. The van der Waals surface area contributed by atoms with E-state index in [4.69, 9.17) is 9.47 Å². The van der Waals surface area contributed by atoms with Gasteiger partial charge in [-0.2, -0.15) is 0 Å². The standard InChI is InChI=1S/C26H33NO4/c1-5-30-21-13-9-8-12-18(21)23-22(25(29)31-17-10-6-7-11-17)16(2)27-19-14-26(3,4)15-20(28)24(19)23/h8-9,12-13,17,23,27H,5-7,10-11,14-15H2,1-4H3/t23-/m1/s1. The lowest BCUT2D eigenvalue weighted by Crippen LogP contribution is -2.39. The van der Waals surface area contributed by atoms with Crippen molar-refractivity contribution in [1.82, 2.24) is 5.32 Å². The highest BCUT2D eigenvalue weighted by Crippen LogP contribution is 2.48. The minimum Gasteiger partial charge on any atom is -0.494 e. The Morgan fingerprint density at radius 3 is 2.58 bits per heavy atom. The summed E-state index contributed by atoms with van der Waals surface area (Å²) in [5.74, 6) is 0.00274. The number of ether oxygens (including phenoxy) is 2. The first-order chi connectivity index (χ1) is 14.8. The quantitative estimate of drug-likeness (QED) is 0.662. The monoisotopic (exact) mass is 423 g/mol. The zero-order chi connectivity index (χ0) is 22.2. The van der Waals surface area contributed by atoms with E-state index < -0.39 is 5.92 Å². The fourth-order valence-electron chi connectivity index (χ4n) is 5.24. The third-order valence-electron chi connectivity index (χ3n) is 6.57. The molecule has 5 nitrogen and oxygen atoms in total. The highest BCUT2D eigenvalue weighted by atomic mass is 16.5. The number of hydrogen-bond acceptors (Lipinski definition) is 5. The Bertz CT molecular complexity index is 950. The normalized spacial score (nSPS) is 23.5. The molecule has 0 amide bonds. The molecule has 0 aromatic heterocycles. The molecular formula is C26H33NO4. The van der Waals surface area contributed by atoms with Crippen LogP contribution in [0.2, 0.25) is 0 Å². The number of para-hydroxylation sites is 1. The predicted molar refractivity (Wildman–Crippen MR) is 120 cm³/mol. The minimum absolute atomic E-state index is 0.0352. The van der Waals surface area contributed by atoms with Gasteiger partial charge in [0.2, 0.25) is 0 Å². The Labute approximate surface area is 184 Å². The Kier molecular flexibility index (Phi) is 5.96. The van der Waals surface area contributed by atoms with E-state index in [0.717, 1.165) is 49.1 Å². The van der Waals surface area contributed by atoms with Crippen molar-refractivity contribution in [3.05, 3.63) is 52.4 Å². The van der Waals surface area contributed by atoms with Crippen molar-refractivity contribution in [2.45, 2.75) is 78.2 Å². The first kappa shape index (κ1) is 21.7. The average molecular weight is 424 g/mol. The van der Waals surface area contributed by atoms with E-state index in [-0.39, 0.29) is 23.3 Å². The molecule has 0 spiro atoms. The molecule has 0 saturated heterocycles. The maximum absolute atomic E-state index is 13.4. The largest absolute Gasteiger partial charge is 0.494 e. The summed E-state index contributed by atoms with van der Waals surface area (Å²) in [5.41, 5.74) is 3.65. The number of ketones is 1. The van der Waals surface area contributed by atoms with Gasteiger partial charge in [-0.15, -0.1) is 0 Å². The van der Waals surface area contributed by atoms with Gasteiger partial charge in [0.05, 0.1) is 18.1 Å². The highest BCUT2D eigenvalue weighted by Gasteiger charge is 2.44. The molecule has 0 unspecified atom stereocenters. The van der Waals surface area contributed by atoms with Gasteiger partial charge in [-0.25, -0.2) is 4.79 Å². The maximum Gasteiger partial charge on any atom is 0.337 e. The topological polar surface area (TPSA) is 64.6 Å². The number of esters is 1. The molecule has 3 aliphatic rings. The van der Waals surface area contributed by atoms with Gasteiger partial charge in [0.15, 0.2) is 5.78 Å². The Morgan fingerprint density at radius 2 is 1.87 bits per heavy atom. The molecule has 4 rings (SSSR count). The fraction of sp³-hybridized carbons (Fsp3) is 0.538.